The second-order valence-corrected chi connectivity index (χ2v) is 7.60. The van der Waals surface area contributed by atoms with Crippen molar-refractivity contribution in [3.05, 3.63) is 73.6 Å². The summed E-state index contributed by atoms with van der Waals surface area (Å²) in [6.45, 7) is 3.11. The van der Waals surface area contributed by atoms with Crippen LogP contribution in [-0.4, -0.2) is 50.5 Å². The van der Waals surface area contributed by atoms with Crippen LogP contribution in [0.5, 0.6) is 0 Å². The first-order valence-corrected chi connectivity index (χ1v) is 10.5. The number of pyridine rings is 1. The molecule has 0 unspecified atom stereocenters. The van der Waals surface area contributed by atoms with E-state index in [2.05, 4.69) is 15.0 Å². The molecule has 1 saturated heterocycles. The summed E-state index contributed by atoms with van der Waals surface area (Å²) in [7, 11) is 1.40. The molecule has 3 aromatic heterocycles. The lowest BCUT2D eigenvalue weighted by Gasteiger charge is -2.10. The highest BCUT2D eigenvalue weighted by Crippen LogP contribution is 2.30. The van der Waals surface area contributed by atoms with E-state index in [9.17, 15) is 9.59 Å². The first kappa shape index (κ1) is 22.2. The molecule has 11 heteroatoms. The van der Waals surface area contributed by atoms with Gasteiger partial charge in [-0.25, -0.2) is 14.8 Å². The number of nitrogens with one attached hydrogen (secondary N) is 1. The van der Waals surface area contributed by atoms with Gasteiger partial charge in [0.25, 0.3) is 5.56 Å². The van der Waals surface area contributed by atoms with Crippen molar-refractivity contribution in [2.24, 2.45) is 7.05 Å². The summed E-state index contributed by atoms with van der Waals surface area (Å²) >= 11 is 12.2. The quantitative estimate of drug-likeness (QED) is 0.447. The van der Waals surface area contributed by atoms with Crippen LogP contribution in [-0.2, 0) is 16.5 Å². The molecule has 9 nitrogen and oxygen atoms in total. The molecule has 0 atom stereocenters. The standard InChI is InChI=1S/C17H11Cl2N5O2.C4H8O2/c1-23-16(25)12-14(22-17(23)26)21-15(11-3-2-8-20-13(11)19)24(12)10-6-4-9(18)5-7-10;1-2-6-4-3-5-1/h2-8H,1H3,(H,22,26);1-4H2. The van der Waals surface area contributed by atoms with Gasteiger partial charge in [0.15, 0.2) is 17.0 Å². The molecule has 0 aliphatic carbocycles. The lowest BCUT2D eigenvalue weighted by Crippen LogP contribution is -2.33. The number of benzene rings is 1. The Morgan fingerprint density at radius 2 is 1.66 bits per heavy atom. The summed E-state index contributed by atoms with van der Waals surface area (Å²) in [4.78, 5) is 35.8. The minimum atomic E-state index is -0.549. The topological polar surface area (TPSA) is 104 Å². The largest absolute Gasteiger partial charge is 0.377 e. The maximum atomic E-state index is 12.7. The monoisotopic (exact) mass is 475 g/mol. The van der Waals surface area contributed by atoms with Crippen molar-refractivity contribution in [3.8, 4) is 17.1 Å². The first-order valence-electron chi connectivity index (χ1n) is 9.71. The number of hydrogen-bond acceptors (Lipinski definition) is 6. The second kappa shape index (κ2) is 9.66. The Kier molecular flexibility index (Phi) is 6.71. The van der Waals surface area contributed by atoms with Gasteiger partial charge in [-0.05, 0) is 36.4 Å². The predicted octanol–water partition coefficient (Wildman–Crippen LogP) is 2.81. The van der Waals surface area contributed by atoms with Gasteiger partial charge in [-0.3, -0.25) is 18.9 Å². The maximum absolute atomic E-state index is 12.7. The lowest BCUT2D eigenvalue weighted by molar-refractivity contribution is -0.0334. The summed E-state index contributed by atoms with van der Waals surface area (Å²) < 4.78 is 12.5. The third-order valence-corrected chi connectivity index (χ3v) is 5.30. The van der Waals surface area contributed by atoms with Crippen molar-refractivity contribution in [3.63, 3.8) is 0 Å². The van der Waals surface area contributed by atoms with Crippen LogP contribution in [0.4, 0.5) is 0 Å². The highest BCUT2D eigenvalue weighted by molar-refractivity contribution is 6.32. The Morgan fingerprint density at radius 1 is 1.00 bits per heavy atom. The fourth-order valence-corrected chi connectivity index (χ4v) is 3.49. The SMILES string of the molecule is C1COCCO1.Cn1c(=O)[nH]c2nc(-c3cccnc3Cl)n(-c3ccc(Cl)cc3)c2c1=O. The van der Waals surface area contributed by atoms with Crippen molar-refractivity contribution in [2.45, 2.75) is 0 Å². The van der Waals surface area contributed by atoms with Crippen LogP contribution in [0.2, 0.25) is 10.2 Å². The van der Waals surface area contributed by atoms with Crippen LogP contribution in [0.15, 0.2) is 52.2 Å². The van der Waals surface area contributed by atoms with Crippen molar-refractivity contribution in [2.75, 3.05) is 26.4 Å². The normalized spacial score (nSPS) is 13.6. The van der Waals surface area contributed by atoms with Gasteiger partial charge in [-0.15, -0.1) is 0 Å². The van der Waals surface area contributed by atoms with E-state index < -0.39 is 11.2 Å². The number of ether oxygens (including phenoxy) is 2. The van der Waals surface area contributed by atoms with Crippen molar-refractivity contribution in [1.29, 1.82) is 0 Å². The molecule has 166 valence electrons. The van der Waals surface area contributed by atoms with Crippen LogP contribution in [0.1, 0.15) is 0 Å². The van der Waals surface area contributed by atoms with Gasteiger partial charge in [-0.1, -0.05) is 23.2 Å². The van der Waals surface area contributed by atoms with Gasteiger partial charge in [0.05, 0.1) is 32.0 Å². The number of H-pyrrole nitrogens is 1. The van der Waals surface area contributed by atoms with Crippen molar-refractivity contribution < 1.29 is 9.47 Å². The molecular weight excluding hydrogens is 457 g/mol. The third kappa shape index (κ3) is 4.46. The lowest BCUT2D eigenvalue weighted by atomic mass is 10.2. The zero-order chi connectivity index (χ0) is 22.7. The maximum Gasteiger partial charge on any atom is 0.329 e. The molecule has 4 aromatic rings. The number of rotatable bonds is 2. The Morgan fingerprint density at radius 3 is 2.25 bits per heavy atom. The average molecular weight is 476 g/mol. The van der Waals surface area contributed by atoms with E-state index in [1.54, 1.807) is 47.2 Å². The highest BCUT2D eigenvalue weighted by Gasteiger charge is 2.21. The number of nitrogens with zero attached hydrogens (tertiary/aromatic N) is 4. The molecule has 32 heavy (non-hydrogen) atoms. The van der Waals surface area contributed by atoms with E-state index in [-0.39, 0.29) is 16.3 Å². The molecule has 0 radical (unpaired) electrons. The molecule has 1 aliphatic heterocycles. The average Bonchev–Trinajstić information content (AvgIpc) is 3.19. The number of fused-ring (bicyclic) bond motifs is 1. The zero-order valence-corrected chi connectivity index (χ0v) is 18.6. The second-order valence-electron chi connectivity index (χ2n) is 6.81. The first-order chi connectivity index (χ1) is 15.5. The van der Waals surface area contributed by atoms with Crippen LogP contribution in [0, 0.1) is 0 Å². The Balaban J connectivity index is 0.000000354. The van der Waals surface area contributed by atoms with Gasteiger partial charge in [0, 0.05) is 24.0 Å². The summed E-state index contributed by atoms with van der Waals surface area (Å²) in [6, 6.07) is 10.4. The molecule has 1 N–H and O–H groups in total. The zero-order valence-electron chi connectivity index (χ0n) is 17.0. The van der Waals surface area contributed by atoms with Crippen molar-refractivity contribution >= 4 is 34.4 Å². The van der Waals surface area contributed by atoms with E-state index >= 15 is 0 Å². The molecule has 5 rings (SSSR count). The van der Waals surface area contributed by atoms with Crippen molar-refractivity contribution in [1.82, 2.24) is 24.1 Å². The van der Waals surface area contributed by atoms with Gasteiger partial charge in [0.1, 0.15) is 5.15 Å². The Bertz CT molecular complexity index is 1350. The highest BCUT2D eigenvalue weighted by atomic mass is 35.5. The van der Waals surface area contributed by atoms with Crippen LogP contribution in [0.3, 0.4) is 0 Å². The Labute approximate surface area is 192 Å². The number of aromatic nitrogens is 5. The molecule has 0 bridgehead atoms. The van der Waals surface area contributed by atoms with E-state index in [1.165, 1.54) is 7.05 Å². The van der Waals surface area contributed by atoms with E-state index in [4.69, 9.17) is 32.7 Å². The smallest absolute Gasteiger partial charge is 0.329 e. The van der Waals surface area contributed by atoms with E-state index in [0.717, 1.165) is 31.0 Å². The minimum Gasteiger partial charge on any atom is -0.377 e. The summed E-state index contributed by atoms with van der Waals surface area (Å²) in [5.41, 5.74) is 0.552. The predicted molar refractivity (Wildman–Crippen MR) is 122 cm³/mol. The number of hydrogen-bond donors (Lipinski definition) is 1. The number of imidazole rings is 1. The molecule has 0 amide bonds. The van der Waals surface area contributed by atoms with E-state index in [1.807, 2.05) is 0 Å². The van der Waals surface area contributed by atoms with Gasteiger partial charge >= 0.3 is 5.69 Å². The van der Waals surface area contributed by atoms with Crippen LogP contribution in [0.25, 0.3) is 28.2 Å². The molecule has 0 saturated carbocycles. The van der Waals surface area contributed by atoms with Gasteiger partial charge in [-0.2, -0.15) is 0 Å². The Hall–Kier alpha value is -2.98. The number of aromatic amines is 1. The van der Waals surface area contributed by atoms with Crippen LogP contribution < -0.4 is 11.2 Å². The fraction of sp³-hybridized carbons (Fsp3) is 0.238. The van der Waals surface area contributed by atoms with Crippen LogP contribution >= 0.6 is 23.2 Å². The molecule has 1 aromatic carbocycles. The minimum absolute atomic E-state index is 0.169. The third-order valence-electron chi connectivity index (χ3n) is 4.74. The molecule has 0 spiro atoms. The molecule has 1 fully saturated rings. The summed E-state index contributed by atoms with van der Waals surface area (Å²) in [6.07, 6.45) is 1.56. The molecule has 1 aliphatic rings. The molecule has 4 heterocycles. The molecular formula is C21H19Cl2N5O4. The fourth-order valence-electron chi connectivity index (χ4n) is 3.16. The van der Waals surface area contributed by atoms with E-state index in [0.29, 0.717) is 22.1 Å². The number of halogens is 2. The van der Waals surface area contributed by atoms with Gasteiger partial charge < -0.3 is 9.47 Å². The summed E-state index contributed by atoms with van der Waals surface area (Å²) in [5, 5.41) is 0.789. The van der Waals surface area contributed by atoms with Gasteiger partial charge in [0.2, 0.25) is 0 Å². The summed E-state index contributed by atoms with van der Waals surface area (Å²) in [5.74, 6) is 0.388.